The van der Waals surface area contributed by atoms with Crippen LogP contribution in [0.3, 0.4) is 0 Å². The molecule has 1 fully saturated rings. The Bertz CT molecular complexity index is 1260. The molecule has 0 radical (unpaired) electrons. The Morgan fingerprint density at radius 2 is 1.72 bits per heavy atom. The van der Waals surface area contributed by atoms with E-state index >= 15 is 0 Å². The van der Waals surface area contributed by atoms with Crippen molar-refractivity contribution in [2.24, 2.45) is 5.92 Å². The molecule has 7 nitrogen and oxygen atoms in total. The molecule has 0 bridgehead atoms. The van der Waals surface area contributed by atoms with Crippen LogP contribution in [0.4, 0.5) is 18.9 Å². The molecule has 3 aromatic rings. The first-order valence-electron chi connectivity index (χ1n) is 13.3. The van der Waals surface area contributed by atoms with Gasteiger partial charge in [0, 0.05) is 29.9 Å². The predicted octanol–water partition coefficient (Wildman–Crippen LogP) is 6.53. The number of anilines is 1. The normalized spacial score (nSPS) is 15.1. The van der Waals surface area contributed by atoms with E-state index in [2.05, 4.69) is 10.6 Å². The molecule has 3 N–H and O–H groups in total. The van der Waals surface area contributed by atoms with Crippen LogP contribution in [0.1, 0.15) is 73.1 Å². The minimum atomic E-state index is -4.39. The Kier molecular flexibility index (Phi) is 8.93. The molecule has 1 aliphatic rings. The van der Waals surface area contributed by atoms with Crippen LogP contribution < -0.4 is 10.6 Å². The summed E-state index contributed by atoms with van der Waals surface area (Å²) in [4.78, 5) is 23.0. The molecule has 1 atom stereocenters. The molecule has 4 rings (SSSR count). The van der Waals surface area contributed by atoms with Crippen LogP contribution in [0.15, 0.2) is 54.6 Å². The van der Waals surface area contributed by atoms with Gasteiger partial charge in [-0.15, -0.1) is 0 Å². The third-order valence-corrected chi connectivity index (χ3v) is 7.15. The molecular formula is C29H33F3N4O3. The third kappa shape index (κ3) is 7.19. The number of halogens is 3. The van der Waals surface area contributed by atoms with Crippen LogP contribution in [-0.2, 0) is 17.5 Å². The van der Waals surface area contributed by atoms with E-state index in [0.717, 1.165) is 49.2 Å². The molecule has 208 valence electrons. The molecule has 1 unspecified atom stereocenters. The van der Waals surface area contributed by atoms with E-state index in [1.165, 1.54) is 18.6 Å². The lowest BCUT2D eigenvalue weighted by molar-refractivity contribution is -0.138. The molecule has 0 saturated heterocycles. The van der Waals surface area contributed by atoms with Crippen molar-refractivity contribution in [3.05, 3.63) is 71.4 Å². The largest absolute Gasteiger partial charge is 0.481 e. The molecule has 10 heteroatoms. The monoisotopic (exact) mass is 542 g/mol. The first-order chi connectivity index (χ1) is 18.7. The Labute approximate surface area is 225 Å². The maximum atomic E-state index is 13.0. The van der Waals surface area contributed by atoms with Gasteiger partial charge in [-0.2, -0.15) is 18.3 Å². The average molecular weight is 543 g/mol. The van der Waals surface area contributed by atoms with Crippen molar-refractivity contribution >= 4 is 17.6 Å². The van der Waals surface area contributed by atoms with Crippen molar-refractivity contribution in [2.75, 3.05) is 11.9 Å². The Morgan fingerprint density at radius 3 is 2.31 bits per heavy atom. The van der Waals surface area contributed by atoms with Crippen molar-refractivity contribution in [3.63, 3.8) is 0 Å². The fourth-order valence-electron chi connectivity index (χ4n) is 5.09. The van der Waals surface area contributed by atoms with Gasteiger partial charge < -0.3 is 15.7 Å². The van der Waals surface area contributed by atoms with Gasteiger partial charge in [-0.3, -0.25) is 14.3 Å². The molecule has 1 aliphatic carbocycles. The minimum Gasteiger partial charge on any atom is -0.481 e. The molecule has 1 aromatic heterocycles. The zero-order valence-corrected chi connectivity index (χ0v) is 21.8. The second kappa shape index (κ2) is 12.4. The molecule has 1 heterocycles. The Hall–Kier alpha value is -3.82. The van der Waals surface area contributed by atoms with Crippen molar-refractivity contribution in [1.29, 1.82) is 0 Å². The van der Waals surface area contributed by atoms with E-state index in [-0.39, 0.29) is 24.9 Å². The van der Waals surface area contributed by atoms with Crippen LogP contribution >= 0.6 is 0 Å². The smallest absolute Gasteiger partial charge is 0.416 e. The number of aromatic nitrogens is 2. The van der Waals surface area contributed by atoms with Gasteiger partial charge in [0.1, 0.15) is 0 Å². The molecule has 1 saturated carbocycles. The summed E-state index contributed by atoms with van der Waals surface area (Å²) in [5.74, 6) is -0.964. The van der Waals surface area contributed by atoms with Crippen molar-refractivity contribution in [1.82, 2.24) is 15.1 Å². The number of nitrogens with one attached hydrogen (secondary N) is 2. The summed E-state index contributed by atoms with van der Waals surface area (Å²) in [6, 6.07) is 14.0. The highest BCUT2D eigenvalue weighted by atomic mass is 19.4. The number of benzene rings is 2. The lowest BCUT2D eigenvalue weighted by Gasteiger charge is -2.32. The summed E-state index contributed by atoms with van der Waals surface area (Å²) >= 11 is 0. The standard InChI is InChI=1S/C29H33F3N4O3/c1-2-36-25(18-24(35-36)19-8-12-22(13-9-19)29(30,31)32)27(20-6-4-3-5-7-20)34-23-14-10-21(11-15-23)28(39)33-17-16-26(37)38/h8-15,18,20,27,34H,2-7,16-17H2,1H3,(H,33,39)(H,37,38). The number of carbonyl (C=O) groups excluding carboxylic acids is 1. The highest BCUT2D eigenvalue weighted by Gasteiger charge is 2.31. The summed E-state index contributed by atoms with van der Waals surface area (Å²) in [7, 11) is 0. The van der Waals surface area contributed by atoms with Gasteiger partial charge in [-0.25, -0.2) is 0 Å². The molecule has 39 heavy (non-hydrogen) atoms. The Morgan fingerprint density at radius 1 is 1.05 bits per heavy atom. The fraction of sp³-hybridized carbons (Fsp3) is 0.414. The van der Waals surface area contributed by atoms with E-state index in [1.807, 2.05) is 29.8 Å². The zero-order valence-electron chi connectivity index (χ0n) is 21.8. The maximum absolute atomic E-state index is 13.0. The number of aliphatic carboxylic acids is 1. The number of rotatable bonds is 10. The second-order valence-corrected chi connectivity index (χ2v) is 9.84. The SMILES string of the molecule is CCn1nc(-c2ccc(C(F)(F)F)cc2)cc1C(Nc1ccc(C(=O)NCCC(=O)O)cc1)C1CCCCC1. The molecule has 0 spiro atoms. The first kappa shape index (κ1) is 28.2. The van der Waals surface area contributed by atoms with Crippen LogP contribution in [0.2, 0.25) is 0 Å². The molecule has 0 aliphatic heterocycles. The molecule has 1 amide bonds. The summed E-state index contributed by atoms with van der Waals surface area (Å²) < 4.78 is 41.0. The quantitative estimate of drug-likeness (QED) is 0.271. The number of carbonyl (C=O) groups is 2. The summed E-state index contributed by atoms with van der Waals surface area (Å²) in [6.45, 7) is 2.65. The number of alkyl halides is 3. The summed E-state index contributed by atoms with van der Waals surface area (Å²) in [5.41, 5.74) is 2.78. The fourth-order valence-corrected chi connectivity index (χ4v) is 5.09. The van der Waals surface area contributed by atoms with Gasteiger partial charge in [0.05, 0.1) is 29.4 Å². The maximum Gasteiger partial charge on any atom is 0.416 e. The lowest BCUT2D eigenvalue weighted by atomic mass is 9.82. The number of amides is 1. The van der Waals surface area contributed by atoms with Crippen molar-refractivity contribution in [2.45, 2.75) is 64.2 Å². The topological polar surface area (TPSA) is 96.3 Å². The van der Waals surface area contributed by atoms with Crippen LogP contribution in [-0.4, -0.2) is 33.3 Å². The summed E-state index contributed by atoms with van der Waals surface area (Å²) in [5, 5.41) is 19.7. The van der Waals surface area contributed by atoms with Gasteiger partial charge >= 0.3 is 12.1 Å². The van der Waals surface area contributed by atoms with E-state index in [0.29, 0.717) is 29.3 Å². The highest BCUT2D eigenvalue weighted by molar-refractivity contribution is 5.94. The van der Waals surface area contributed by atoms with Gasteiger partial charge in [-0.1, -0.05) is 31.4 Å². The van der Waals surface area contributed by atoms with Crippen LogP contribution in [0.5, 0.6) is 0 Å². The summed E-state index contributed by atoms with van der Waals surface area (Å²) in [6.07, 6.45) is 1.01. The van der Waals surface area contributed by atoms with Gasteiger partial charge in [0.15, 0.2) is 0 Å². The Balaban J connectivity index is 1.58. The average Bonchev–Trinajstić information content (AvgIpc) is 3.36. The van der Waals surface area contributed by atoms with Gasteiger partial charge in [0.25, 0.3) is 5.91 Å². The first-order valence-corrected chi connectivity index (χ1v) is 13.3. The number of aryl methyl sites for hydroxylation is 1. The van der Waals surface area contributed by atoms with E-state index in [9.17, 15) is 22.8 Å². The van der Waals surface area contributed by atoms with Gasteiger partial charge in [-0.05, 0) is 68.1 Å². The minimum absolute atomic E-state index is 0.0557. The number of carboxylic acids is 1. The number of nitrogens with zero attached hydrogens (tertiary/aromatic N) is 2. The lowest BCUT2D eigenvalue weighted by Crippen LogP contribution is -2.26. The van der Waals surface area contributed by atoms with Gasteiger partial charge in [0.2, 0.25) is 0 Å². The van der Waals surface area contributed by atoms with Crippen molar-refractivity contribution < 1.29 is 27.9 Å². The van der Waals surface area contributed by atoms with E-state index in [1.54, 1.807) is 12.1 Å². The van der Waals surface area contributed by atoms with E-state index in [4.69, 9.17) is 10.2 Å². The van der Waals surface area contributed by atoms with Crippen LogP contribution in [0.25, 0.3) is 11.3 Å². The van der Waals surface area contributed by atoms with Crippen molar-refractivity contribution in [3.8, 4) is 11.3 Å². The number of hydrogen-bond acceptors (Lipinski definition) is 4. The second-order valence-electron chi connectivity index (χ2n) is 9.84. The zero-order chi connectivity index (χ0) is 28.0. The highest BCUT2D eigenvalue weighted by Crippen LogP contribution is 2.38. The number of hydrogen-bond donors (Lipinski definition) is 3. The molecule has 2 aromatic carbocycles. The number of carboxylic acid groups (broad SMARTS) is 1. The molecular weight excluding hydrogens is 509 g/mol. The third-order valence-electron chi connectivity index (χ3n) is 7.15. The van der Waals surface area contributed by atoms with E-state index < -0.39 is 17.7 Å². The van der Waals surface area contributed by atoms with Crippen LogP contribution in [0, 0.1) is 5.92 Å². The predicted molar refractivity (Wildman–Crippen MR) is 142 cm³/mol.